The van der Waals surface area contributed by atoms with Crippen molar-refractivity contribution in [3.8, 4) is 5.69 Å². The van der Waals surface area contributed by atoms with E-state index in [4.69, 9.17) is 4.74 Å². The predicted octanol–water partition coefficient (Wildman–Crippen LogP) is 3.82. The Kier molecular flexibility index (Phi) is 5.37. The zero-order chi connectivity index (χ0) is 20.5. The molecule has 1 fully saturated rings. The maximum atomic E-state index is 13.6. The molecule has 28 heavy (non-hydrogen) atoms. The van der Waals surface area contributed by atoms with Crippen molar-refractivity contribution in [3.05, 3.63) is 47.3 Å². The van der Waals surface area contributed by atoms with Gasteiger partial charge in [-0.1, -0.05) is 6.07 Å². The summed E-state index contributed by atoms with van der Waals surface area (Å²) in [6, 6.07) is 2.96. The summed E-state index contributed by atoms with van der Waals surface area (Å²) in [5.74, 6) is -0.988. The Bertz CT molecular complexity index is 853. The lowest BCUT2D eigenvalue weighted by atomic mass is 10.1. The van der Waals surface area contributed by atoms with Crippen molar-refractivity contribution in [1.29, 1.82) is 0 Å². The van der Waals surface area contributed by atoms with Crippen LogP contribution in [0.4, 0.5) is 26.3 Å². The molecule has 5 nitrogen and oxygen atoms in total. The monoisotopic (exact) mass is 407 g/mol. The molecule has 0 bridgehead atoms. The zero-order valence-electron chi connectivity index (χ0n) is 14.3. The average Bonchev–Trinajstić information content (AvgIpc) is 3.08. The van der Waals surface area contributed by atoms with Gasteiger partial charge in [-0.25, -0.2) is 4.68 Å². The molecule has 152 valence electrons. The van der Waals surface area contributed by atoms with Crippen molar-refractivity contribution >= 4 is 5.91 Å². The first kappa shape index (κ1) is 20.2. The van der Waals surface area contributed by atoms with Gasteiger partial charge in [-0.2, -0.15) is 31.4 Å². The van der Waals surface area contributed by atoms with Crippen molar-refractivity contribution < 1.29 is 35.9 Å². The minimum absolute atomic E-state index is 0.300. The number of benzene rings is 1. The first-order valence-corrected chi connectivity index (χ1v) is 8.29. The fourth-order valence-electron chi connectivity index (χ4n) is 2.90. The summed E-state index contributed by atoms with van der Waals surface area (Å²) in [6.45, 7) is 0.751. The third-order valence-electron chi connectivity index (χ3n) is 4.26. The fourth-order valence-corrected chi connectivity index (χ4v) is 2.90. The van der Waals surface area contributed by atoms with E-state index in [1.807, 2.05) is 0 Å². The number of aromatic nitrogens is 2. The van der Waals surface area contributed by atoms with Gasteiger partial charge in [0.2, 0.25) is 0 Å². The normalized spacial score (nSPS) is 16.2. The molecule has 1 amide bonds. The number of hydrogen-bond donors (Lipinski definition) is 1. The van der Waals surface area contributed by atoms with Gasteiger partial charge in [-0.15, -0.1) is 0 Å². The Morgan fingerprint density at radius 1 is 1.11 bits per heavy atom. The molecule has 1 aliphatic rings. The zero-order valence-corrected chi connectivity index (χ0v) is 14.3. The number of hydrogen-bond acceptors (Lipinski definition) is 3. The first-order valence-electron chi connectivity index (χ1n) is 8.29. The standard InChI is InChI=1S/C17H15F6N3O2/c18-16(19,20)10-2-1-3-12(8-10)26-14(17(21,22)23)13(9-24-26)15(27)25-11-4-6-28-7-5-11/h1-3,8-9,11H,4-7H2,(H,25,27). The number of nitrogens with zero attached hydrogens (tertiary/aromatic N) is 2. The molecule has 0 aliphatic carbocycles. The second kappa shape index (κ2) is 7.46. The van der Waals surface area contributed by atoms with Crippen LogP contribution in [0.15, 0.2) is 30.5 Å². The summed E-state index contributed by atoms with van der Waals surface area (Å²) < 4.78 is 84.9. The molecule has 1 aliphatic heterocycles. The van der Waals surface area contributed by atoms with Crippen LogP contribution in [-0.4, -0.2) is 34.9 Å². The molecule has 11 heteroatoms. The highest BCUT2D eigenvalue weighted by atomic mass is 19.4. The molecule has 3 rings (SSSR count). The van der Waals surface area contributed by atoms with Crippen LogP contribution in [-0.2, 0) is 17.1 Å². The van der Waals surface area contributed by atoms with Gasteiger partial charge in [0.25, 0.3) is 5.91 Å². The Hall–Kier alpha value is -2.56. The topological polar surface area (TPSA) is 56.1 Å². The van der Waals surface area contributed by atoms with Crippen LogP contribution in [0, 0.1) is 0 Å². The maximum Gasteiger partial charge on any atom is 0.434 e. The Labute approximate surface area is 155 Å². The molecular weight excluding hydrogens is 392 g/mol. The fraction of sp³-hybridized carbons (Fsp3) is 0.412. The van der Waals surface area contributed by atoms with Crippen molar-refractivity contribution in [3.63, 3.8) is 0 Å². The summed E-state index contributed by atoms with van der Waals surface area (Å²) >= 11 is 0. The second-order valence-corrected chi connectivity index (χ2v) is 6.22. The quantitative estimate of drug-likeness (QED) is 0.788. The summed E-state index contributed by atoms with van der Waals surface area (Å²) in [6.07, 6.45) is -8.13. The van der Waals surface area contributed by atoms with Crippen molar-refractivity contribution in [2.24, 2.45) is 0 Å². The number of rotatable bonds is 3. The van der Waals surface area contributed by atoms with Crippen LogP contribution >= 0.6 is 0 Å². The molecule has 0 radical (unpaired) electrons. The van der Waals surface area contributed by atoms with E-state index in [1.54, 1.807) is 0 Å². The Morgan fingerprint density at radius 2 is 1.79 bits per heavy atom. The smallest absolute Gasteiger partial charge is 0.381 e. The van der Waals surface area contributed by atoms with Crippen LogP contribution in [0.5, 0.6) is 0 Å². The summed E-state index contributed by atoms with van der Waals surface area (Å²) in [5, 5.41) is 6.03. The van der Waals surface area contributed by atoms with Gasteiger partial charge in [0.15, 0.2) is 5.69 Å². The number of carbonyl (C=O) groups is 1. The lowest BCUT2D eigenvalue weighted by Gasteiger charge is -2.23. The lowest BCUT2D eigenvalue weighted by molar-refractivity contribution is -0.143. The number of alkyl halides is 6. The second-order valence-electron chi connectivity index (χ2n) is 6.22. The van der Waals surface area contributed by atoms with Gasteiger partial charge in [0, 0.05) is 19.3 Å². The third-order valence-corrected chi connectivity index (χ3v) is 4.26. The molecule has 2 aromatic rings. The molecule has 1 N–H and O–H groups in total. The molecule has 1 aromatic heterocycles. The molecular formula is C17H15F6N3O2. The highest BCUT2D eigenvalue weighted by Gasteiger charge is 2.41. The minimum Gasteiger partial charge on any atom is -0.381 e. The van der Waals surface area contributed by atoms with Crippen LogP contribution in [0.2, 0.25) is 0 Å². The lowest BCUT2D eigenvalue weighted by Crippen LogP contribution is -2.39. The minimum atomic E-state index is -5.01. The Morgan fingerprint density at radius 3 is 2.39 bits per heavy atom. The van der Waals surface area contributed by atoms with E-state index in [2.05, 4.69) is 10.4 Å². The van der Waals surface area contributed by atoms with E-state index < -0.39 is 40.8 Å². The number of carbonyl (C=O) groups excluding carboxylic acids is 1. The van der Waals surface area contributed by atoms with Crippen LogP contribution in [0.3, 0.4) is 0 Å². The molecule has 1 saturated heterocycles. The van der Waals surface area contributed by atoms with E-state index in [9.17, 15) is 31.1 Å². The molecule has 0 unspecified atom stereocenters. The van der Waals surface area contributed by atoms with E-state index in [0.29, 0.717) is 43.0 Å². The van der Waals surface area contributed by atoms with E-state index in [-0.39, 0.29) is 6.04 Å². The van der Waals surface area contributed by atoms with Crippen molar-refractivity contribution in [2.45, 2.75) is 31.2 Å². The van der Waals surface area contributed by atoms with Gasteiger partial charge in [-0.05, 0) is 31.0 Å². The molecule has 1 aromatic carbocycles. The third kappa shape index (κ3) is 4.29. The highest BCUT2D eigenvalue weighted by molar-refractivity contribution is 5.95. The van der Waals surface area contributed by atoms with E-state index in [1.165, 1.54) is 0 Å². The van der Waals surface area contributed by atoms with E-state index >= 15 is 0 Å². The highest BCUT2D eigenvalue weighted by Crippen LogP contribution is 2.35. The summed E-state index contributed by atoms with van der Waals surface area (Å²) in [7, 11) is 0. The number of ether oxygens (including phenoxy) is 1. The van der Waals surface area contributed by atoms with E-state index in [0.717, 1.165) is 18.2 Å². The largest absolute Gasteiger partial charge is 0.434 e. The maximum absolute atomic E-state index is 13.6. The summed E-state index contributed by atoms with van der Waals surface area (Å²) in [5.41, 5.74) is -3.76. The van der Waals surface area contributed by atoms with Crippen LogP contribution in [0.25, 0.3) is 5.69 Å². The number of halogens is 6. The van der Waals surface area contributed by atoms with Crippen LogP contribution in [0.1, 0.15) is 34.5 Å². The molecule has 0 spiro atoms. The Balaban J connectivity index is 1.99. The molecule has 0 atom stereocenters. The van der Waals surface area contributed by atoms with Gasteiger partial charge < -0.3 is 10.1 Å². The van der Waals surface area contributed by atoms with Crippen molar-refractivity contribution in [2.75, 3.05) is 13.2 Å². The number of amides is 1. The summed E-state index contributed by atoms with van der Waals surface area (Å²) in [4.78, 5) is 12.4. The number of nitrogens with one attached hydrogen (secondary N) is 1. The van der Waals surface area contributed by atoms with Crippen LogP contribution < -0.4 is 5.32 Å². The van der Waals surface area contributed by atoms with Gasteiger partial charge in [-0.3, -0.25) is 4.79 Å². The first-order chi connectivity index (χ1) is 13.1. The average molecular weight is 407 g/mol. The van der Waals surface area contributed by atoms with Gasteiger partial charge in [0.1, 0.15) is 0 Å². The molecule has 0 saturated carbocycles. The van der Waals surface area contributed by atoms with Gasteiger partial charge in [0.05, 0.1) is 23.0 Å². The molecule has 2 heterocycles. The predicted molar refractivity (Wildman–Crippen MR) is 84.9 cm³/mol. The van der Waals surface area contributed by atoms with Gasteiger partial charge >= 0.3 is 12.4 Å². The SMILES string of the molecule is O=C(NC1CCOCC1)c1cnn(-c2cccc(C(F)(F)F)c2)c1C(F)(F)F. The van der Waals surface area contributed by atoms with Crippen molar-refractivity contribution in [1.82, 2.24) is 15.1 Å².